The van der Waals surface area contributed by atoms with Gasteiger partial charge in [0.2, 0.25) is 17.7 Å². The Morgan fingerprint density at radius 3 is 2.26 bits per heavy atom. The molecule has 0 saturated carbocycles. The molecule has 0 aliphatic carbocycles. The molecular weight excluding hydrogens is 1060 g/mol. The zero-order chi connectivity index (χ0) is 58.0. The molecule has 23 heteroatoms. The van der Waals surface area contributed by atoms with E-state index in [4.69, 9.17) is 23.9 Å². The van der Waals surface area contributed by atoms with Gasteiger partial charge in [0.25, 0.3) is 17.7 Å². The summed E-state index contributed by atoms with van der Waals surface area (Å²) in [6.45, 7) is 11.3. The number of unbranched alkanes of at least 4 members (excludes halogenated alkanes) is 2. The van der Waals surface area contributed by atoms with Crippen LogP contribution < -0.4 is 25.6 Å². The smallest absolute Gasteiger partial charge is 0.410 e. The van der Waals surface area contributed by atoms with Crippen LogP contribution in [0.15, 0.2) is 85.2 Å². The van der Waals surface area contributed by atoms with Crippen LogP contribution in [0.3, 0.4) is 0 Å². The number of aromatic amines is 1. The number of rotatable bonds is 22. The summed E-state index contributed by atoms with van der Waals surface area (Å²) in [5, 5.41) is 16.6. The Bertz CT molecular complexity index is 3140. The number of nitrogens with one attached hydrogen (secondary N) is 4. The summed E-state index contributed by atoms with van der Waals surface area (Å²) in [5.41, 5.74) is 1.49. The average Bonchev–Trinajstić information content (AvgIpc) is 3.27. The summed E-state index contributed by atoms with van der Waals surface area (Å²) in [4.78, 5) is 105. The quantitative estimate of drug-likeness (QED) is 0.0423. The Kier molecular flexibility index (Phi) is 18.6. The number of anilines is 2. The van der Waals surface area contributed by atoms with E-state index in [0.717, 1.165) is 41.4 Å². The van der Waals surface area contributed by atoms with Crippen molar-refractivity contribution in [2.75, 3.05) is 82.5 Å². The number of halogens is 1. The van der Waals surface area contributed by atoms with E-state index in [1.165, 1.54) is 6.07 Å². The minimum absolute atomic E-state index is 0.00150. The Morgan fingerprint density at radius 2 is 1.51 bits per heavy atom. The first-order valence-corrected chi connectivity index (χ1v) is 27.9. The van der Waals surface area contributed by atoms with Gasteiger partial charge in [0, 0.05) is 94.7 Å². The number of pyridine rings is 1. The molecule has 1 unspecified atom stereocenters. The third kappa shape index (κ3) is 14.2. The number of likely N-dealkylation sites (tertiary alicyclic amines) is 1. The molecule has 0 spiro atoms. The van der Waals surface area contributed by atoms with Gasteiger partial charge in [0.1, 0.15) is 35.4 Å². The number of imide groups is 2. The van der Waals surface area contributed by atoms with Crippen molar-refractivity contribution in [3.05, 3.63) is 119 Å². The molecule has 4 aliphatic heterocycles. The van der Waals surface area contributed by atoms with Crippen LogP contribution in [0.5, 0.6) is 5.75 Å². The molecule has 4 N–H and O–H groups in total. The topological polar surface area (TPSA) is 260 Å². The monoisotopic (exact) mass is 1130 g/mol. The maximum atomic E-state index is 15.4. The second-order valence-corrected chi connectivity index (χ2v) is 21.9. The zero-order valence-corrected chi connectivity index (χ0v) is 46.7. The van der Waals surface area contributed by atoms with E-state index in [9.17, 15) is 33.6 Å². The molecule has 82 heavy (non-hydrogen) atoms. The fourth-order valence-corrected chi connectivity index (χ4v) is 10.4. The highest BCUT2D eigenvalue weighted by Crippen LogP contribution is 2.37. The van der Waals surface area contributed by atoms with Gasteiger partial charge in [-0.15, -0.1) is 0 Å². The van der Waals surface area contributed by atoms with E-state index in [1.807, 2.05) is 82.3 Å². The van der Waals surface area contributed by atoms with Crippen molar-refractivity contribution in [2.45, 2.75) is 102 Å². The molecule has 7 amide bonds. The van der Waals surface area contributed by atoms with Crippen LogP contribution in [0.25, 0.3) is 11.4 Å². The predicted molar refractivity (Wildman–Crippen MR) is 298 cm³/mol. The molecule has 0 bridgehead atoms. The van der Waals surface area contributed by atoms with Crippen LogP contribution in [0.1, 0.15) is 128 Å². The largest absolute Gasteiger partial charge is 0.494 e. The number of carbonyl (C=O) groups excluding carboxylic acids is 7. The van der Waals surface area contributed by atoms with Crippen molar-refractivity contribution in [1.29, 1.82) is 0 Å². The lowest BCUT2D eigenvalue weighted by Gasteiger charge is -2.41. The molecule has 3 fully saturated rings. The number of H-pyrrole nitrogens is 1. The van der Waals surface area contributed by atoms with Crippen LogP contribution in [0.4, 0.5) is 20.6 Å². The lowest BCUT2D eigenvalue weighted by atomic mass is 9.86. The van der Waals surface area contributed by atoms with E-state index >= 15 is 4.39 Å². The number of ether oxygens (including phenoxy) is 4. The first-order chi connectivity index (χ1) is 39.4. The minimum Gasteiger partial charge on any atom is -0.494 e. The first-order valence-electron chi connectivity index (χ1n) is 27.9. The van der Waals surface area contributed by atoms with Crippen molar-refractivity contribution in [1.82, 2.24) is 45.5 Å². The maximum absolute atomic E-state index is 15.4. The van der Waals surface area contributed by atoms with Gasteiger partial charge in [-0.1, -0.05) is 18.2 Å². The number of aromatic nitrogens is 4. The zero-order valence-electron chi connectivity index (χ0n) is 46.7. The number of piperidine rings is 2. The Balaban J connectivity index is 0.647. The Morgan fingerprint density at radius 1 is 0.805 bits per heavy atom. The van der Waals surface area contributed by atoms with Crippen molar-refractivity contribution in [3.8, 4) is 17.1 Å². The number of hydrogen-bond acceptors (Lipinski definition) is 16. The molecule has 5 aromatic rings. The van der Waals surface area contributed by atoms with E-state index in [1.54, 1.807) is 33.2 Å². The highest BCUT2D eigenvalue weighted by molar-refractivity contribution is 6.23. The number of benzene rings is 3. The lowest BCUT2D eigenvalue weighted by Crippen LogP contribution is -2.54. The highest BCUT2D eigenvalue weighted by atomic mass is 19.1. The molecule has 22 nitrogen and oxygen atoms in total. The number of carbonyl (C=O) groups is 7. The number of hydrogen-bond donors (Lipinski definition) is 4. The van der Waals surface area contributed by atoms with Gasteiger partial charge in [0.15, 0.2) is 11.6 Å². The third-order valence-electron chi connectivity index (χ3n) is 14.8. The first kappa shape index (κ1) is 58.3. The van der Waals surface area contributed by atoms with Crippen LogP contribution in [-0.4, -0.2) is 160 Å². The molecule has 434 valence electrons. The Hall–Kier alpha value is -8.31. The summed E-state index contributed by atoms with van der Waals surface area (Å²) in [6.07, 6.45) is 7.16. The number of amides is 7. The lowest BCUT2D eigenvalue weighted by molar-refractivity contribution is -0.137. The fourth-order valence-electron chi connectivity index (χ4n) is 10.4. The highest BCUT2D eigenvalue weighted by Gasteiger charge is 2.46. The van der Waals surface area contributed by atoms with E-state index < -0.39 is 46.6 Å². The number of nitrogens with zero attached hydrogens (tertiary/aromatic N) is 7. The van der Waals surface area contributed by atoms with E-state index in [2.05, 4.69) is 31.1 Å². The van der Waals surface area contributed by atoms with Crippen molar-refractivity contribution in [2.24, 2.45) is 0 Å². The van der Waals surface area contributed by atoms with Crippen molar-refractivity contribution >= 4 is 52.9 Å². The second-order valence-electron chi connectivity index (χ2n) is 21.9. The number of piperazine rings is 1. The van der Waals surface area contributed by atoms with Crippen LogP contribution in [0.2, 0.25) is 0 Å². The summed E-state index contributed by atoms with van der Waals surface area (Å²) < 4.78 is 38.6. The molecule has 3 saturated heterocycles. The summed E-state index contributed by atoms with van der Waals surface area (Å²) in [6, 6.07) is 19.6. The fraction of sp³-hybridized carbons (Fsp3) is 0.458. The van der Waals surface area contributed by atoms with Gasteiger partial charge in [-0.25, -0.2) is 14.2 Å². The SMILES string of the molecule is C[C@@H](NC(=O)c1cccc(NC2(c3nc(-c4ccncc4)n[nH]3)CCN(C(=O)OC(C)(C)C)CC2)c1)c1cccc(OCCCCCOCCCOCC(=O)N2CCN(c3cc4c(cc3F)C(=O)N(C3CCC(=O)NC3=O)C4=O)CC2)c1. The van der Waals surface area contributed by atoms with Crippen molar-refractivity contribution < 1.29 is 56.9 Å². The summed E-state index contributed by atoms with van der Waals surface area (Å²) in [5.74, 6) is -2.01. The minimum atomic E-state index is -1.15. The van der Waals surface area contributed by atoms with Crippen LogP contribution >= 0.6 is 0 Å². The molecule has 4 aliphatic rings. The molecular formula is C59H70FN11O11. The van der Waals surface area contributed by atoms with E-state index in [-0.39, 0.29) is 60.2 Å². The van der Waals surface area contributed by atoms with Gasteiger partial charge >= 0.3 is 6.09 Å². The number of fused-ring (bicyclic) bond motifs is 1. The van der Waals surface area contributed by atoms with Gasteiger partial charge in [-0.2, -0.15) is 5.10 Å². The van der Waals surface area contributed by atoms with Gasteiger partial charge in [0.05, 0.1) is 29.5 Å². The third-order valence-corrected chi connectivity index (χ3v) is 14.8. The second kappa shape index (κ2) is 26.1. The molecule has 2 atom stereocenters. The Labute approximate surface area is 474 Å². The molecule has 9 rings (SSSR count). The van der Waals surface area contributed by atoms with Gasteiger partial charge < -0.3 is 44.3 Å². The molecule has 2 aromatic heterocycles. The van der Waals surface area contributed by atoms with E-state index in [0.29, 0.717) is 114 Å². The normalized spacial score (nSPS) is 17.5. The standard InChI is InChI=1S/C59H70FN11O11/c1-38(62-52(74)41-12-8-13-42(33-41)65-59(19-23-70(24-20-59)57(78)82-58(2,3)4)56-64-51(66-67-56)39-17-21-61-22-18-39)40-11-9-14-43(34-40)81-32-7-5-6-29-79-30-10-31-80-37-50(73)69-27-25-68(26-28-69)48-36-45-44(35-46(48)60)54(76)71(55(45)77)47-15-16-49(72)63-53(47)75/h8-9,11-14,17-18,21-22,33-36,38,47,65H,5-7,10,15-16,19-20,23-32,37H2,1-4H3,(H,62,74)(H,63,72,75)(H,64,66,67)/t38-,47?/m1/s1. The maximum Gasteiger partial charge on any atom is 0.410 e. The van der Waals surface area contributed by atoms with Gasteiger partial charge in [-0.05, 0) is 133 Å². The molecule has 3 aromatic carbocycles. The van der Waals surface area contributed by atoms with Crippen LogP contribution in [-0.2, 0) is 34.1 Å². The predicted octanol–water partition coefficient (Wildman–Crippen LogP) is 6.56. The molecule has 6 heterocycles. The summed E-state index contributed by atoms with van der Waals surface area (Å²) >= 11 is 0. The summed E-state index contributed by atoms with van der Waals surface area (Å²) in [7, 11) is 0. The average molecular weight is 1130 g/mol. The van der Waals surface area contributed by atoms with Crippen molar-refractivity contribution in [3.63, 3.8) is 0 Å². The van der Waals surface area contributed by atoms with Crippen LogP contribution in [0, 0.1) is 5.82 Å². The molecule has 0 radical (unpaired) electrons. The van der Waals surface area contributed by atoms with Gasteiger partial charge in [-0.3, -0.25) is 49.1 Å².